The molecule has 1 unspecified atom stereocenters. The highest BCUT2D eigenvalue weighted by molar-refractivity contribution is 5.97. The van der Waals surface area contributed by atoms with Crippen LogP contribution >= 0.6 is 0 Å². The number of aliphatic carboxylic acids is 1. The first kappa shape index (κ1) is 14.8. The van der Waals surface area contributed by atoms with Crippen LogP contribution in [0.3, 0.4) is 0 Å². The summed E-state index contributed by atoms with van der Waals surface area (Å²) in [5.41, 5.74) is 6.42. The summed E-state index contributed by atoms with van der Waals surface area (Å²) in [6.07, 6.45) is 0.453. The molecule has 0 aliphatic carbocycles. The minimum Gasteiger partial charge on any atom is -0.496 e. The van der Waals surface area contributed by atoms with Crippen LogP contribution in [0.2, 0.25) is 0 Å². The Labute approximate surface area is 111 Å². The molecule has 1 rings (SSSR count). The molecule has 1 aromatic rings. The first-order chi connectivity index (χ1) is 8.99. The van der Waals surface area contributed by atoms with E-state index in [4.69, 9.17) is 15.6 Å². The number of benzene rings is 1. The highest BCUT2D eigenvalue weighted by atomic mass is 16.5. The lowest BCUT2D eigenvalue weighted by molar-refractivity contribution is -0.141. The average molecular weight is 266 g/mol. The molecule has 0 aromatic heterocycles. The molecule has 0 fully saturated rings. The molecule has 0 aliphatic rings. The summed E-state index contributed by atoms with van der Waals surface area (Å²) in [6, 6.07) is 4.68. The lowest BCUT2D eigenvalue weighted by atomic mass is 10.1. The molecule has 1 aromatic carbocycles. The van der Waals surface area contributed by atoms with E-state index in [1.165, 1.54) is 7.11 Å². The Hall–Kier alpha value is -2.24. The monoisotopic (exact) mass is 266 g/mol. The number of nitrogens with one attached hydrogen (secondary N) is 1. The Morgan fingerprint density at radius 2 is 2.16 bits per heavy atom. The number of carboxylic acid groups (broad SMARTS) is 1. The number of hydrogen-bond donors (Lipinski definition) is 3. The van der Waals surface area contributed by atoms with Gasteiger partial charge in [-0.2, -0.15) is 0 Å². The Morgan fingerprint density at radius 1 is 1.47 bits per heavy atom. The quantitative estimate of drug-likeness (QED) is 0.670. The number of anilines is 1. The van der Waals surface area contributed by atoms with Crippen molar-refractivity contribution in [2.24, 2.45) is 5.92 Å². The van der Waals surface area contributed by atoms with Gasteiger partial charge in [-0.3, -0.25) is 9.59 Å². The summed E-state index contributed by atoms with van der Waals surface area (Å²) >= 11 is 0. The Kier molecular flexibility index (Phi) is 5.17. The van der Waals surface area contributed by atoms with Crippen LogP contribution < -0.4 is 15.8 Å². The Balaban J connectivity index is 2.76. The van der Waals surface area contributed by atoms with Crippen LogP contribution in [0.5, 0.6) is 5.75 Å². The fourth-order valence-electron chi connectivity index (χ4n) is 1.61. The van der Waals surface area contributed by atoms with Gasteiger partial charge in [0.2, 0.25) is 0 Å². The Bertz CT molecular complexity index is 474. The zero-order valence-electron chi connectivity index (χ0n) is 11.0. The van der Waals surface area contributed by atoms with Gasteiger partial charge in [0.05, 0.1) is 18.6 Å². The number of hydrogen-bond acceptors (Lipinski definition) is 4. The number of carboxylic acids is 1. The van der Waals surface area contributed by atoms with E-state index in [1.807, 2.05) is 0 Å². The van der Waals surface area contributed by atoms with Crippen molar-refractivity contribution in [3.05, 3.63) is 23.8 Å². The number of methoxy groups -OCH3 is 1. The van der Waals surface area contributed by atoms with Crippen LogP contribution in [0, 0.1) is 5.92 Å². The molecule has 0 radical (unpaired) electrons. The van der Waals surface area contributed by atoms with Crippen LogP contribution in [0.4, 0.5) is 5.69 Å². The molecule has 0 bridgehead atoms. The van der Waals surface area contributed by atoms with Gasteiger partial charge in [0.1, 0.15) is 5.75 Å². The molecule has 1 amide bonds. The predicted molar refractivity (Wildman–Crippen MR) is 71.2 cm³/mol. The van der Waals surface area contributed by atoms with E-state index in [-0.39, 0.29) is 12.5 Å². The summed E-state index contributed by atoms with van der Waals surface area (Å²) in [7, 11) is 1.44. The SMILES string of the molecule is CCC(CNC(=O)c1ccc(N)cc1OC)C(=O)O. The molecular weight excluding hydrogens is 248 g/mol. The predicted octanol–water partition coefficient (Wildman–Crippen LogP) is 1.12. The minimum absolute atomic E-state index is 0.0815. The third kappa shape index (κ3) is 3.87. The number of carbonyl (C=O) groups is 2. The van der Waals surface area contributed by atoms with E-state index in [0.29, 0.717) is 23.4 Å². The van der Waals surface area contributed by atoms with Gasteiger partial charge in [-0.25, -0.2) is 0 Å². The van der Waals surface area contributed by atoms with Crippen molar-refractivity contribution in [2.75, 3.05) is 19.4 Å². The second-order valence-corrected chi connectivity index (χ2v) is 4.11. The number of nitrogen functional groups attached to an aromatic ring is 1. The first-order valence-corrected chi connectivity index (χ1v) is 5.94. The van der Waals surface area contributed by atoms with Gasteiger partial charge in [0, 0.05) is 18.3 Å². The van der Waals surface area contributed by atoms with Crippen LogP contribution in [-0.4, -0.2) is 30.6 Å². The largest absolute Gasteiger partial charge is 0.496 e. The fraction of sp³-hybridized carbons (Fsp3) is 0.385. The second-order valence-electron chi connectivity index (χ2n) is 4.11. The highest BCUT2D eigenvalue weighted by Crippen LogP contribution is 2.21. The van der Waals surface area contributed by atoms with E-state index in [0.717, 1.165) is 0 Å². The van der Waals surface area contributed by atoms with Crippen molar-refractivity contribution >= 4 is 17.6 Å². The van der Waals surface area contributed by atoms with Crippen molar-refractivity contribution in [1.29, 1.82) is 0 Å². The van der Waals surface area contributed by atoms with E-state index in [9.17, 15) is 9.59 Å². The maximum atomic E-state index is 12.0. The van der Waals surface area contributed by atoms with Crippen LogP contribution in [0.25, 0.3) is 0 Å². The molecule has 1 atom stereocenters. The lowest BCUT2D eigenvalue weighted by Crippen LogP contribution is -2.32. The van der Waals surface area contributed by atoms with Crippen molar-refractivity contribution in [3.8, 4) is 5.75 Å². The van der Waals surface area contributed by atoms with Gasteiger partial charge in [-0.1, -0.05) is 6.92 Å². The molecule has 0 spiro atoms. The summed E-state index contributed by atoms with van der Waals surface area (Å²) in [6.45, 7) is 1.84. The summed E-state index contributed by atoms with van der Waals surface area (Å²) in [4.78, 5) is 22.8. The topological polar surface area (TPSA) is 102 Å². The number of ether oxygens (including phenoxy) is 1. The minimum atomic E-state index is -0.924. The van der Waals surface area contributed by atoms with E-state index in [1.54, 1.807) is 25.1 Å². The molecule has 0 aliphatic heterocycles. The van der Waals surface area contributed by atoms with Gasteiger partial charge < -0.3 is 20.9 Å². The summed E-state index contributed by atoms with van der Waals surface area (Å²) in [5.74, 6) is -1.53. The molecule has 6 nitrogen and oxygen atoms in total. The van der Waals surface area contributed by atoms with Gasteiger partial charge in [0.15, 0.2) is 0 Å². The van der Waals surface area contributed by atoms with Gasteiger partial charge in [-0.05, 0) is 18.6 Å². The van der Waals surface area contributed by atoms with E-state index >= 15 is 0 Å². The van der Waals surface area contributed by atoms with E-state index < -0.39 is 11.9 Å². The van der Waals surface area contributed by atoms with Crippen molar-refractivity contribution in [3.63, 3.8) is 0 Å². The zero-order chi connectivity index (χ0) is 14.4. The standard InChI is InChI=1S/C13H18N2O4/c1-3-8(13(17)18)7-15-12(16)10-5-4-9(14)6-11(10)19-2/h4-6,8H,3,7,14H2,1-2H3,(H,15,16)(H,17,18). The molecule has 6 heteroatoms. The first-order valence-electron chi connectivity index (χ1n) is 5.94. The number of amides is 1. The van der Waals surface area contributed by atoms with Crippen LogP contribution in [0.15, 0.2) is 18.2 Å². The molecule has 0 heterocycles. The highest BCUT2D eigenvalue weighted by Gasteiger charge is 2.18. The lowest BCUT2D eigenvalue weighted by Gasteiger charge is -2.13. The maximum Gasteiger partial charge on any atom is 0.308 e. The van der Waals surface area contributed by atoms with Gasteiger partial charge in [0.25, 0.3) is 5.91 Å². The zero-order valence-corrected chi connectivity index (χ0v) is 11.0. The molecule has 104 valence electrons. The number of rotatable bonds is 6. The number of carbonyl (C=O) groups excluding carboxylic acids is 1. The van der Waals surface area contributed by atoms with Crippen molar-refractivity contribution < 1.29 is 19.4 Å². The second kappa shape index (κ2) is 6.63. The molecular formula is C13H18N2O4. The van der Waals surface area contributed by atoms with Crippen molar-refractivity contribution in [1.82, 2.24) is 5.32 Å². The normalized spacial score (nSPS) is 11.7. The molecule has 4 N–H and O–H groups in total. The van der Waals surface area contributed by atoms with Crippen LogP contribution in [-0.2, 0) is 4.79 Å². The maximum absolute atomic E-state index is 12.0. The third-order valence-corrected chi connectivity index (χ3v) is 2.82. The summed E-state index contributed by atoms with van der Waals surface area (Å²) < 4.78 is 5.07. The molecule has 0 saturated carbocycles. The number of nitrogens with two attached hydrogens (primary N) is 1. The molecule has 19 heavy (non-hydrogen) atoms. The van der Waals surface area contributed by atoms with Gasteiger partial charge >= 0.3 is 5.97 Å². The summed E-state index contributed by atoms with van der Waals surface area (Å²) in [5, 5.41) is 11.5. The molecule has 0 saturated heterocycles. The fourth-order valence-corrected chi connectivity index (χ4v) is 1.61. The Morgan fingerprint density at radius 3 is 2.68 bits per heavy atom. The third-order valence-electron chi connectivity index (χ3n) is 2.82. The average Bonchev–Trinajstić information content (AvgIpc) is 2.38. The van der Waals surface area contributed by atoms with Gasteiger partial charge in [-0.15, -0.1) is 0 Å². The smallest absolute Gasteiger partial charge is 0.308 e. The van der Waals surface area contributed by atoms with Crippen molar-refractivity contribution in [2.45, 2.75) is 13.3 Å². The van der Waals surface area contributed by atoms with E-state index in [2.05, 4.69) is 5.32 Å². The van der Waals surface area contributed by atoms with Crippen LogP contribution in [0.1, 0.15) is 23.7 Å².